The normalized spacial score (nSPS) is 24.1. The Hall–Kier alpha value is -0.650. The zero-order valence-corrected chi connectivity index (χ0v) is 10.5. The van der Waals surface area contributed by atoms with Gasteiger partial charge in [0.15, 0.2) is 0 Å². The molecule has 0 radical (unpaired) electrons. The zero-order chi connectivity index (χ0) is 11.9. The molecule has 5 heteroatoms. The van der Waals surface area contributed by atoms with E-state index in [0.717, 1.165) is 58.7 Å². The van der Waals surface area contributed by atoms with E-state index in [4.69, 9.17) is 4.74 Å². The summed E-state index contributed by atoms with van der Waals surface area (Å²) in [7, 11) is 0. The predicted molar refractivity (Wildman–Crippen MR) is 65.9 cm³/mol. The fraction of sp³-hybridized carbons (Fsp3) is 0.917. The van der Waals surface area contributed by atoms with Crippen LogP contribution in [0.5, 0.6) is 0 Å². The molecule has 0 aliphatic carbocycles. The number of nitrogens with zero attached hydrogens (tertiary/aromatic N) is 2. The molecule has 2 aliphatic heterocycles. The second-order valence-corrected chi connectivity index (χ2v) is 4.73. The Balaban J connectivity index is 1.77. The third-order valence-corrected chi connectivity index (χ3v) is 3.37. The average molecular weight is 241 g/mol. The third-order valence-electron chi connectivity index (χ3n) is 3.37. The van der Waals surface area contributed by atoms with Gasteiger partial charge in [-0.15, -0.1) is 0 Å². The van der Waals surface area contributed by atoms with Crippen molar-refractivity contribution >= 4 is 5.91 Å². The summed E-state index contributed by atoms with van der Waals surface area (Å²) >= 11 is 0. The van der Waals surface area contributed by atoms with E-state index < -0.39 is 0 Å². The quantitative estimate of drug-likeness (QED) is 0.710. The van der Waals surface area contributed by atoms with Crippen LogP contribution in [0, 0.1) is 0 Å². The first-order chi connectivity index (χ1) is 8.36. The number of carbonyl (C=O) groups excluding carboxylic acids is 1. The molecule has 17 heavy (non-hydrogen) atoms. The summed E-state index contributed by atoms with van der Waals surface area (Å²) in [6.07, 6.45) is 2.10. The lowest BCUT2D eigenvalue weighted by molar-refractivity contribution is -0.132. The number of nitrogens with one attached hydrogen (secondary N) is 1. The molecule has 0 aromatic carbocycles. The first kappa shape index (κ1) is 12.8. The Bertz CT molecular complexity index is 232. The molecule has 5 nitrogen and oxygen atoms in total. The van der Waals surface area contributed by atoms with Crippen molar-refractivity contribution in [3.05, 3.63) is 0 Å². The van der Waals surface area contributed by atoms with Gasteiger partial charge in [0.05, 0.1) is 13.2 Å². The van der Waals surface area contributed by atoms with Crippen molar-refractivity contribution in [3.63, 3.8) is 0 Å². The summed E-state index contributed by atoms with van der Waals surface area (Å²) in [6.45, 7) is 7.74. The third kappa shape index (κ3) is 4.26. The maximum absolute atomic E-state index is 12.1. The number of hydrogen-bond acceptors (Lipinski definition) is 4. The van der Waals surface area contributed by atoms with Crippen LogP contribution in [0.4, 0.5) is 0 Å². The fourth-order valence-corrected chi connectivity index (χ4v) is 2.35. The highest BCUT2D eigenvalue weighted by atomic mass is 16.5. The topological polar surface area (TPSA) is 44.8 Å². The lowest BCUT2D eigenvalue weighted by atomic mass is 10.3. The van der Waals surface area contributed by atoms with Crippen LogP contribution in [0.15, 0.2) is 0 Å². The Morgan fingerprint density at radius 3 is 2.94 bits per heavy atom. The first-order valence-electron chi connectivity index (χ1n) is 6.65. The van der Waals surface area contributed by atoms with E-state index in [2.05, 4.69) is 10.2 Å². The summed E-state index contributed by atoms with van der Waals surface area (Å²) in [5.74, 6) is 0.261. The van der Waals surface area contributed by atoms with Crippen LogP contribution in [0.2, 0.25) is 0 Å². The molecule has 2 rings (SSSR count). The molecule has 1 N–H and O–H groups in total. The largest absolute Gasteiger partial charge is 0.380 e. The number of carbonyl (C=O) groups is 1. The molecule has 2 saturated heterocycles. The predicted octanol–water partition coefficient (Wildman–Crippen LogP) is -0.469. The SMILES string of the molecule is O=C(CN1CCCNCC1)N1CCCOCC1. The molecule has 0 atom stereocenters. The lowest BCUT2D eigenvalue weighted by Gasteiger charge is -2.25. The van der Waals surface area contributed by atoms with Gasteiger partial charge in [-0.2, -0.15) is 0 Å². The molecule has 0 aromatic rings. The number of amides is 1. The lowest BCUT2D eigenvalue weighted by Crippen LogP contribution is -2.42. The second-order valence-electron chi connectivity index (χ2n) is 4.73. The summed E-state index contributed by atoms with van der Waals surface area (Å²) in [5.41, 5.74) is 0. The van der Waals surface area contributed by atoms with Crippen molar-refractivity contribution in [2.45, 2.75) is 12.8 Å². The van der Waals surface area contributed by atoms with Crippen molar-refractivity contribution in [2.24, 2.45) is 0 Å². The van der Waals surface area contributed by atoms with Gasteiger partial charge in [-0.05, 0) is 25.9 Å². The Kier molecular flexibility index (Phi) is 5.22. The maximum atomic E-state index is 12.1. The maximum Gasteiger partial charge on any atom is 0.236 e. The van der Waals surface area contributed by atoms with Crippen LogP contribution in [-0.4, -0.2) is 74.7 Å². The van der Waals surface area contributed by atoms with Gasteiger partial charge in [0.2, 0.25) is 5.91 Å². The summed E-state index contributed by atoms with van der Waals surface area (Å²) < 4.78 is 5.37. The molecule has 2 aliphatic rings. The summed E-state index contributed by atoms with van der Waals surface area (Å²) in [6, 6.07) is 0. The van der Waals surface area contributed by atoms with E-state index in [9.17, 15) is 4.79 Å². The molecule has 1 amide bonds. The van der Waals surface area contributed by atoms with Crippen LogP contribution in [0.3, 0.4) is 0 Å². The van der Waals surface area contributed by atoms with Gasteiger partial charge in [0.1, 0.15) is 0 Å². The average Bonchev–Trinajstić information content (AvgIpc) is 2.72. The molecular formula is C12H23N3O2. The van der Waals surface area contributed by atoms with E-state index in [-0.39, 0.29) is 5.91 Å². The molecule has 0 saturated carbocycles. The van der Waals surface area contributed by atoms with Crippen molar-refractivity contribution in [3.8, 4) is 0 Å². The van der Waals surface area contributed by atoms with E-state index in [1.807, 2.05) is 4.90 Å². The highest BCUT2D eigenvalue weighted by Gasteiger charge is 2.19. The molecule has 98 valence electrons. The van der Waals surface area contributed by atoms with Gasteiger partial charge in [0.25, 0.3) is 0 Å². The zero-order valence-electron chi connectivity index (χ0n) is 10.5. The molecule has 0 spiro atoms. The summed E-state index contributed by atoms with van der Waals surface area (Å²) in [4.78, 5) is 16.3. The van der Waals surface area contributed by atoms with Gasteiger partial charge in [-0.1, -0.05) is 0 Å². The number of hydrogen-bond donors (Lipinski definition) is 1. The van der Waals surface area contributed by atoms with Crippen molar-refractivity contribution < 1.29 is 9.53 Å². The second kappa shape index (κ2) is 6.93. The van der Waals surface area contributed by atoms with E-state index >= 15 is 0 Å². The van der Waals surface area contributed by atoms with E-state index in [0.29, 0.717) is 13.2 Å². The van der Waals surface area contributed by atoms with Gasteiger partial charge < -0.3 is 15.0 Å². The van der Waals surface area contributed by atoms with Gasteiger partial charge >= 0.3 is 0 Å². The minimum Gasteiger partial charge on any atom is -0.380 e. The van der Waals surface area contributed by atoms with Crippen molar-refractivity contribution in [2.75, 3.05) is 59.0 Å². The van der Waals surface area contributed by atoms with Gasteiger partial charge in [-0.25, -0.2) is 0 Å². The van der Waals surface area contributed by atoms with Crippen LogP contribution in [0.25, 0.3) is 0 Å². The summed E-state index contributed by atoms with van der Waals surface area (Å²) in [5, 5.41) is 3.35. The van der Waals surface area contributed by atoms with Crippen LogP contribution in [0.1, 0.15) is 12.8 Å². The smallest absolute Gasteiger partial charge is 0.236 e. The first-order valence-corrected chi connectivity index (χ1v) is 6.65. The Labute approximate surface area is 103 Å². The van der Waals surface area contributed by atoms with Crippen LogP contribution >= 0.6 is 0 Å². The highest BCUT2D eigenvalue weighted by molar-refractivity contribution is 5.78. The molecule has 0 bridgehead atoms. The van der Waals surface area contributed by atoms with E-state index in [1.54, 1.807) is 0 Å². The fourth-order valence-electron chi connectivity index (χ4n) is 2.35. The Morgan fingerprint density at radius 1 is 1.06 bits per heavy atom. The standard InChI is InChI=1S/C12H23N3O2/c16-12(15-6-2-9-17-10-8-15)11-14-5-1-3-13-4-7-14/h13H,1-11H2. The van der Waals surface area contributed by atoms with Crippen LogP contribution < -0.4 is 5.32 Å². The van der Waals surface area contributed by atoms with Crippen molar-refractivity contribution in [1.82, 2.24) is 15.1 Å². The monoisotopic (exact) mass is 241 g/mol. The van der Waals surface area contributed by atoms with Crippen molar-refractivity contribution in [1.29, 1.82) is 0 Å². The molecular weight excluding hydrogens is 218 g/mol. The Morgan fingerprint density at radius 2 is 2.00 bits per heavy atom. The molecule has 2 heterocycles. The number of rotatable bonds is 2. The molecule has 0 unspecified atom stereocenters. The van der Waals surface area contributed by atoms with Gasteiger partial charge in [-0.3, -0.25) is 9.69 Å². The van der Waals surface area contributed by atoms with E-state index in [1.165, 1.54) is 0 Å². The van der Waals surface area contributed by atoms with Gasteiger partial charge in [0, 0.05) is 32.8 Å². The number of ether oxygens (including phenoxy) is 1. The minimum absolute atomic E-state index is 0.261. The molecule has 0 aromatic heterocycles. The highest BCUT2D eigenvalue weighted by Crippen LogP contribution is 2.02. The van der Waals surface area contributed by atoms with Crippen LogP contribution in [-0.2, 0) is 9.53 Å². The minimum atomic E-state index is 0.261. The molecule has 2 fully saturated rings.